The predicted octanol–water partition coefficient (Wildman–Crippen LogP) is 1.21. The summed E-state index contributed by atoms with van der Waals surface area (Å²) in [5.41, 5.74) is 2.81. The minimum Gasteiger partial charge on any atom is -0.394 e. The third-order valence-corrected chi connectivity index (χ3v) is 4.88. The molecular weight excluding hydrogens is 405 g/mol. The Balaban J connectivity index is 1.72. The van der Waals surface area contributed by atoms with E-state index in [0.717, 1.165) is 29.9 Å². The van der Waals surface area contributed by atoms with Gasteiger partial charge in [0.15, 0.2) is 5.65 Å². The molecule has 1 aromatic carbocycles. The molecule has 168 valence electrons. The number of hydrogen-bond acceptors (Lipinski definition) is 7. The molecule has 2 heterocycles. The van der Waals surface area contributed by atoms with Crippen molar-refractivity contribution in [1.82, 2.24) is 19.5 Å². The van der Waals surface area contributed by atoms with Crippen molar-refractivity contribution in [1.29, 1.82) is 0 Å². The molecular formula is C22H30BN7O2. The SMILES string of the molecule is [B]c1cnn2c(NCc3ccc(NC(=O)CN(C)C)cc3)cc(N[C@@H](CO)CCC)nc12. The third kappa shape index (κ3) is 6.21. The van der Waals surface area contributed by atoms with Crippen LogP contribution in [-0.2, 0) is 11.3 Å². The molecule has 0 aliphatic carbocycles. The van der Waals surface area contributed by atoms with Crippen molar-refractivity contribution in [3.8, 4) is 0 Å². The molecule has 0 fully saturated rings. The Kier molecular flexibility index (Phi) is 8.07. The predicted molar refractivity (Wildman–Crippen MR) is 129 cm³/mol. The number of likely N-dealkylation sites (N-methyl/N-ethyl adjacent to an activating group) is 1. The minimum absolute atomic E-state index is 0.0234. The molecule has 0 aliphatic rings. The maximum atomic E-state index is 11.9. The Hall–Kier alpha value is -3.11. The van der Waals surface area contributed by atoms with Crippen LogP contribution in [0.3, 0.4) is 0 Å². The Labute approximate surface area is 189 Å². The van der Waals surface area contributed by atoms with E-state index < -0.39 is 0 Å². The standard InChI is InChI=1S/C22H30BN7O2/c1-4-5-17(14-31)26-19-10-20(30-22(28-19)18(23)12-25-30)24-11-15-6-8-16(9-7-15)27-21(32)13-29(2)3/h6-10,12,17,24,31H,4-5,11,13-14H2,1-3H3,(H,26,28)(H,27,32)/t17-/m1/s1. The van der Waals surface area contributed by atoms with Crippen molar-refractivity contribution in [3.63, 3.8) is 0 Å². The minimum atomic E-state index is -0.0813. The van der Waals surface area contributed by atoms with Gasteiger partial charge in [-0.3, -0.25) is 4.79 Å². The summed E-state index contributed by atoms with van der Waals surface area (Å²) in [7, 11) is 9.75. The number of aliphatic hydroxyl groups is 1. The molecule has 0 unspecified atom stereocenters. The zero-order valence-electron chi connectivity index (χ0n) is 18.8. The van der Waals surface area contributed by atoms with E-state index in [0.29, 0.717) is 30.0 Å². The molecule has 1 atom stereocenters. The van der Waals surface area contributed by atoms with Crippen LogP contribution in [0.5, 0.6) is 0 Å². The van der Waals surface area contributed by atoms with Crippen molar-refractivity contribution >= 4 is 42.2 Å². The number of aromatic nitrogens is 3. The number of carbonyl (C=O) groups is 1. The second-order valence-electron chi connectivity index (χ2n) is 8.01. The highest BCUT2D eigenvalue weighted by Gasteiger charge is 2.12. The van der Waals surface area contributed by atoms with Gasteiger partial charge in [-0.25, -0.2) is 4.98 Å². The zero-order chi connectivity index (χ0) is 23.1. The van der Waals surface area contributed by atoms with Crippen molar-refractivity contribution in [2.24, 2.45) is 0 Å². The molecule has 0 saturated carbocycles. The number of aliphatic hydroxyl groups excluding tert-OH is 1. The Morgan fingerprint density at radius 2 is 2.03 bits per heavy atom. The molecule has 0 aliphatic heterocycles. The molecule has 3 rings (SSSR count). The van der Waals surface area contributed by atoms with E-state index >= 15 is 0 Å². The number of anilines is 3. The summed E-state index contributed by atoms with van der Waals surface area (Å²) in [5, 5.41) is 23.5. The summed E-state index contributed by atoms with van der Waals surface area (Å²) in [4.78, 5) is 18.3. The van der Waals surface area contributed by atoms with Gasteiger partial charge in [-0.05, 0) is 43.7 Å². The van der Waals surface area contributed by atoms with Gasteiger partial charge in [0.05, 0.1) is 19.2 Å². The van der Waals surface area contributed by atoms with Crippen LogP contribution in [0.1, 0.15) is 25.3 Å². The quantitative estimate of drug-likeness (QED) is 0.336. The fraction of sp³-hybridized carbons (Fsp3) is 0.409. The van der Waals surface area contributed by atoms with Crippen LogP contribution in [0.15, 0.2) is 36.5 Å². The van der Waals surface area contributed by atoms with Gasteiger partial charge in [0.1, 0.15) is 19.5 Å². The van der Waals surface area contributed by atoms with Gasteiger partial charge in [-0.15, -0.1) is 0 Å². The average molecular weight is 435 g/mol. The molecule has 0 spiro atoms. The highest BCUT2D eigenvalue weighted by Crippen LogP contribution is 2.18. The van der Waals surface area contributed by atoms with Gasteiger partial charge >= 0.3 is 0 Å². The van der Waals surface area contributed by atoms with Crippen molar-refractivity contribution in [3.05, 3.63) is 42.1 Å². The number of nitrogens with one attached hydrogen (secondary N) is 3. The van der Waals surface area contributed by atoms with E-state index in [-0.39, 0.29) is 18.6 Å². The molecule has 0 bridgehead atoms. The summed E-state index contributed by atoms with van der Waals surface area (Å²) in [6, 6.07) is 9.44. The molecule has 9 nitrogen and oxygen atoms in total. The van der Waals surface area contributed by atoms with Gasteiger partial charge in [-0.1, -0.05) is 25.5 Å². The summed E-state index contributed by atoms with van der Waals surface area (Å²) in [5.74, 6) is 1.30. The number of rotatable bonds is 11. The van der Waals surface area contributed by atoms with Crippen LogP contribution >= 0.6 is 0 Å². The van der Waals surface area contributed by atoms with E-state index in [9.17, 15) is 9.90 Å². The fourth-order valence-corrected chi connectivity index (χ4v) is 3.33. The maximum Gasteiger partial charge on any atom is 0.238 e. The first kappa shape index (κ1) is 23.6. The van der Waals surface area contributed by atoms with Crippen LogP contribution in [0.25, 0.3) is 5.65 Å². The Morgan fingerprint density at radius 3 is 2.69 bits per heavy atom. The van der Waals surface area contributed by atoms with Gasteiger partial charge in [0.25, 0.3) is 0 Å². The summed E-state index contributed by atoms with van der Waals surface area (Å²) >= 11 is 0. The lowest BCUT2D eigenvalue weighted by molar-refractivity contribution is -0.116. The monoisotopic (exact) mass is 435 g/mol. The molecule has 2 radical (unpaired) electrons. The largest absolute Gasteiger partial charge is 0.394 e. The lowest BCUT2D eigenvalue weighted by Crippen LogP contribution is -2.27. The zero-order valence-corrected chi connectivity index (χ0v) is 18.8. The molecule has 1 amide bonds. The van der Waals surface area contributed by atoms with Crippen molar-refractivity contribution in [2.45, 2.75) is 32.4 Å². The molecule has 10 heteroatoms. The average Bonchev–Trinajstić information content (AvgIpc) is 3.13. The van der Waals surface area contributed by atoms with Gasteiger partial charge in [0, 0.05) is 24.5 Å². The molecule has 0 saturated heterocycles. The smallest absolute Gasteiger partial charge is 0.238 e. The van der Waals surface area contributed by atoms with E-state index in [2.05, 4.69) is 33.0 Å². The van der Waals surface area contributed by atoms with Crippen LogP contribution in [0, 0.1) is 0 Å². The normalized spacial score (nSPS) is 12.2. The van der Waals surface area contributed by atoms with Gasteiger partial charge in [0.2, 0.25) is 5.91 Å². The molecule has 2 aromatic heterocycles. The topological polar surface area (TPSA) is 107 Å². The number of hydrogen-bond donors (Lipinski definition) is 4. The van der Waals surface area contributed by atoms with Crippen LogP contribution in [0.4, 0.5) is 17.3 Å². The van der Waals surface area contributed by atoms with E-state index in [1.54, 1.807) is 10.7 Å². The second-order valence-corrected chi connectivity index (χ2v) is 8.01. The summed E-state index contributed by atoms with van der Waals surface area (Å²) in [6.07, 6.45) is 3.35. The van der Waals surface area contributed by atoms with Gasteiger partial charge in [-0.2, -0.15) is 9.61 Å². The molecule has 32 heavy (non-hydrogen) atoms. The van der Waals surface area contributed by atoms with Crippen molar-refractivity contribution in [2.75, 3.05) is 43.2 Å². The number of amides is 1. The number of benzene rings is 1. The van der Waals surface area contributed by atoms with Crippen LogP contribution in [-0.4, -0.2) is 71.6 Å². The van der Waals surface area contributed by atoms with E-state index in [1.807, 2.05) is 49.3 Å². The highest BCUT2D eigenvalue weighted by atomic mass is 16.3. The van der Waals surface area contributed by atoms with E-state index in [4.69, 9.17) is 7.85 Å². The summed E-state index contributed by atoms with van der Waals surface area (Å²) < 4.78 is 1.66. The van der Waals surface area contributed by atoms with Gasteiger partial charge < -0.3 is 26.0 Å². The second kappa shape index (κ2) is 11.0. The highest BCUT2D eigenvalue weighted by molar-refractivity contribution is 6.36. The summed E-state index contributed by atoms with van der Waals surface area (Å²) in [6.45, 7) is 2.97. The lowest BCUT2D eigenvalue weighted by Gasteiger charge is -2.18. The lowest BCUT2D eigenvalue weighted by atomic mass is 10.0. The number of carbonyl (C=O) groups excluding carboxylic acids is 1. The Bertz CT molecular complexity index is 1040. The fourth-order valence-electron chi connectivity index (χ4n) is 3.33. The van der Waals surface area contributed by atoms with Crippen molar-refractivity contribution < 1.29 is 9.90 Å². The van der Waals surface area contributed by atoms with Crippen LogP contribution in [0.2, 0.25) is 0 Å². The third-order valence-electron chi connectivity index (χ3n) is 4.88. The van der Waals surface area contributed by atoms with E-state index in [1.165, 1.54) is 0 Å². The molecule has 4 N–H and O–H groups in total. The first-order chi connectivity index (χ1) is 15.4. The van der Waals surface area contributed by atoms with Crippen LogP contribution < -0.4 is 21.4 Å². The maximum absolute atomic E-state index is 11.9. The number of nitrogens with zero attached hydrogens (tertiary/aromatic N) is 4. The number of fused-ring (bicyclic) bond motifs is 1. The Morgan fingerprint density at radius 1 is 1.28 bits per heavy atom. The molecule has 3 aromatic rings. The first-order valence-corrected chi connectivity index (χ1v) is 10.7. The first-order valence-electron chi connectivity index (χ1n) is 10.7.